The molecule has 0 spiro atoms. The van der Waals surface area contributed by atoms with E-state index in [1.807, 2.05) is 20.9 Å². The van der Waals surface area contributed by atoms with E-state index in [1.54, 1.807) is 0 Å². The molecule has 1 aromatic heterocycles. The quantitative estimate of drug-likeness (QED) is 0.889. The van der Waals surface area contributed by atoms with Crippen molar-refractivity contribution in [3.05, 3.63) is 51.3 Å². The average molecular weight is 329 g/mol. The van der Waals surface area contributed by atoms with E-state index in [1.165, 1.54) is 6.07 Å². The molecule has 0 unspecified atom stereocenters. The third kappa shape index (κ3) is 2.81. The van der Waals surface area contributed by atoms with E-state index in [0.717, 1.165) is 23.0 Å². The standard InChI is InChI=1S/C14H15BrF2N2/c1-8-4-10(9(2)19(8)3)7-18-14-12(15)5-11(16)6-13(14)17/h4-6,18H,7H2,1-3H3. The van der Waals surface area contributed by atoms with Gasteiger partial charge in [-0.1, -0.05) is 0 Å². The average Bonchev–Trinajstić information content (AvgIpc) is 2.55. The molecule has 19 heavy (non-hydrogen) atoms. The van der Waals surface area contributed by atoms with Crippen LogP contribution in [0.15, 0.2) is 22.7 Å². The lowest BCUT2D eigenvalue weighted by Crippen LogP contribution is -2.04. The van der Waals surface area contributed by atoms with Crippen LogP contribution in [-0.4, -0.2) is 4.57 Å². The Labute approximate surface area is 119 Å². The zero-order valence-corrected chi connectivity index (χ0v) is 12.6. The second-order valence-corrected chi connectivity index (χ2v) is 5.41. The molecular formula is C14H15BrF2N2. The molecule has 0 fully saturated rings. The first-order chi connectivity index (χ1) is 8.90. The number of halogens is 3. The van der Waals surface area contributed by atoms with Crippen LogP contribution in [0, 0.1) is 25.5 Å². The zero-order chi connectivity index (χ0) is 14.2. The molecule has 0 saturated carbocycles. The van der Waals surface area contributed by atoms with Crippen molar-refractivity contribution in [2.75, 3.05) is 5.32 Å². The van der Waals surface area contributed by atoms with Crippen LogP contribution in [0.5, 0.6) is 0 Å². The minimum atomic E-state index is -0.600. The lowest BCUT2D eigenvalue weighted by atomic mass is 10.2. The van der Waals surface area contributed by atoms with E-state index in [-0.39, 0.29) is 5.69 Å². The molecule has 1 aromatic carbocycles. The molecule has 102 valence electrons. The van der Waals surface area contributed by atoms with Crippen LogP contribution in [0.25, 0.3) is 0 Å². The maximum atomic E-state index is 13.7. The van der Waals surface area contributed by atoms with Crippen LogP contribution in [-0.2, 0) is 13.6 Å². The van der Waals surface area contributed by atoms with Gasteiger partial charge in [-0.3, -0.25) is 0 Å². The first kappa shape index (κ1) is 14.1. The summed E-state index contributed by atoms with van der Waals surface area (Å²) in [5.41, 5.74) is 3.65. The SMILES string of the molecule is Cc1cc(CNc2c(F)cc(F)cc2Br)c(C)n1C. The molecule has 0 atom stereocenters. The van der Waals surface area contributed by atoms with Crippen molar-refractivity contribution in [2.45, 2.75) is 20.4 Å². The fourth-order valence-electron chi connectivity index (χ4n) is 2.01. The van der Waals surface area contributed by atoms with Gasteiger partial charge in [0.05, 0.1) is 5.69 Å². The Morgan fingerprint density at radius 3 is 2.42 bits per heavy atom. The second-order valence-electron chi connectivity index (χ2n) is 4.55. The maximum absolute atomic E-state index is 13.7. The topological polar surface area (TPSA) is 17.0 Å². The van der Waals surface area contributed by atoms with Gasteiger partial charge in [0.1, 0.15) is 11.6 Å². The molecule has 5 heteroatoms. The van der Waals surface area contributed by atoms with E-state index in [2.05, 4.69) is 31.9 Å². The van der Waals surface area contributed by atoms with Gasteiger partial charge in [-0.2, -0.15) is 0 Å². The van der Waals surface area contributed by atoms with Gasteiger partial charge in [-0.25, -0.2) is 8.78 Å². The van der Waals surface area contributed by atoms with Crippen molar-refractivity contribution < 1.29 is 8.78 Å². The van der Waals surface area contributed by atoms with Gasteiger partial charge in [0, 0.05) is 35.5 Å². The van der Waals surface area contributed by atoms with Gasteiger partial charge in [0.15, 0.2) is 0 Å². The lowest BCUT2D eigenvalue weighted by Gasteiger charge is -2.10. The first-order valence-corrected chi connectivity index (χ1v) is 6.69. The normalized spacial score (nSPS) is 10.8. The Bertz CT molecular complexity index is 597. The van der Waals surface area contributed by atoms with Gasteiger partial charge in [-0.05, 0) is 47.5 Å². The van der Waals surface area contributed by atoms with Gasteiger partial charge in [-0.15, -0.1) is 0 Å². The van der Waals surface area contributed by atoms with Crippen molar-refractivity contribution in [1.29, 1.82) is 0 Å². The number of nitrogens with zero attached hydrogens (tertiary/aromatic N) is 1. The molecule has 0 aliphatic carbocycles. The Morgan fingerprint density at radius 1 is 1.21 bits per heavy atom. The highest BCUT2D eigenvalue weighted by Gasteiger charge is 2.11. The minimum Gasteiger partial charge on any atom is -0.378 e. The van der Waals surface area contributed by atoms with Crippen LogP contribution in [0.2, 0.25) is 0 Å². The number of aromatic nitrogens is 1. The Kier molecular flexibility index (Phi) is 3.94. The number of nitrogens with one attached hydrogen (secondary N) is 1. The van der Waals surface area contributed by atoms with E-state index in [0.29, 0.717) is 11.0 Å². The van der Waals surface area contributed by atoms with Crippen molar-refractivity contribution in [2.24, 2.45) is 7.05 Å². The van der Waals surface area contributed by atoms with E-state index in [9.17, 15) is 8.78 Å². The molecule has 0 aliphatic heterocycles. The monoisotopic (exact) mass is 328 g/mol. The molecule has 1 heterocycles. The molecule has 2 rings (SSSR count). The van der Waals surface area contributed by atoms with Gasteiger partial charge >= 0.3 is 0 Å². The first-order valence-electron chi connectivity index (χ1n) is 5.90. The molecule has 2 aromatic rings. The van der Waals surface area contributed by atoms with Crippen molar-refractivity contribution in [3.8, 4) is 0 Å². The number of aryl methyl sites for hydroxylation is 1. The van der Waals surface area contributed by atoms with Crippen molar-refractivity contribution in [3.63, 3.8) is 0 Å². The largest absolute Gasteiger partial charge is 0.378 e. The van der Waals surface area contributed by atoms with Gasteiger partial charge < -0.3 is 9.88 Å². The number of hydrogen-bond donors (Lipinski definition) is 1. The summed E-state index contributed by atoms with van der Waals surface area (Å²) in [5, 5.41) is 3.00. The summed E-state index contributed by atoms with van der Waals surface area (Å²) in [4.78, 5) is 0. The summed E-state index contributed by atoms with van der Waals surface area (Å²) in [6.07, 6.45) is 0. The highest BCUT2D eigenvalue weighted by Crippen LogP contribution is 2.27. The molecule has 0 bridgehead atoms. The van der Waals surface area contributed by atoms with E-state index < -0.39 is 11.6 Å². The van der Waals surface area contributed by atoms with Crippen LogP contribution in [0.4, 0.5) is 14.5 Å². The Morgan fingerprint density at radius 2 is 1.89 bits per heavy atom. The molecule has 0 radical (unpaired) electrons. The highest BCUT2D eigenvalue weighted by molar-refractivity contribution is 9.10. The van der Waals surface area contributed by atoms with Crippen LogP contribution < -0.4 is 5.32 Å². The summed E-state index contributed by atoms with van der Waals surface area (Å²) in [6, 6.07) is 4.17. The predicted molar refractivity (Wildman–Crippen MR) is 76.3 cm³/mol. The summed E-state index contributed by atoms with van der Waals surface area (Å²) in [7, 11) is 1.99. The van der Waals surface area contributed by atoms with E-state index >= 15 is 0 Å². The number of hydrogen-bond acceptors (Lipinski definition) is 1. The smallest absolute Gasteiger partial charge is 0.150 e. The summed E-state index contributed by atoms with van der Waals surface area (Å²) < 4.78 is 29.1. The zero-order valence-electron chi connectivity index (χ0n) is 11.0. The maximum Gasteiger partial charge on any atom is 0.150 e. The predicted octanol–water partition coefficient (Wildman–Crippen LogP) is 4.29. The highest BCUT2D eigenvalue weighted by atomic mass is 79.9. The Balaban J connectivity index is 2.21. The molecule has 0 amide bonds. The van der Waals surface area contributed by atoms with Crippen LogP contribution >= 0.6 is 15.9 Å². The third-order valence-electron chi connectivity index (χ3n) is 3.34. The summed E-state index contributed by atoms with van der Waals surface area (Å²) >= 11 is 3.16. The van der Waals surface area contributed by atoms with Crippen molar-refractivity contribution >= 4 is 21.6 Å². The van der Waals surface area contributed by atoms with Crippen LogP contribution in [0.3, 0.4) is 0 Å². The molecular weight excluding hydrogens is 314 g/mol. The number of anilines is 1. The fraction of sp³-hybridized carbons (Fsp3) is 0.286. The molecule has 1 N–H and O–H groups in total. The summed E-state index contributed by atoms with van der Waals surface area (Å²) in [6.45, 7) is 4.53. The van der Waals surface area contributed by atoms with Crippen molar-refractivity contribution in [1.82, 2.24) is 4.57 Å². The third-order valence-corrected chi connectivity index (χ3v) is 3.97. The minimum absolute atomic E-state index is 0.280. The molecule has 0 aliphatic rings. The van der Waals surface area contributed by atoms with Gasteiger partial charge in [0.2, 0.25) is 0 Å². The van der Waals surface area contributed by atoms with Crippen LogP contribution in [0.1, 0.15) is 17.0 Å². The van der Waals surface area contributed by atoms with E-state index in [4.69, 9.17) is 0 Å². The molecule has 2 nitrogen and oxygen atoms in total. The lowest BCUT2D eigenvalue weighted by molar-refractivity contribution is 0.583. The fourth-order valence-corrected chi connectivity index (χ4v) is 2.56. The second kappa shape index (κ2) is 5.33. The number of rotatable bonds is 3. The number of benzene rings is 1. The van der Waals surface area contributed by atoms with Gasteiger partial charge in [0.25, 0.3) is 0 Å². The molecule has 0 saturated heterocycles. The summed E-state index contributed by atoms with van der Waals surface area (Å²) in [5.74, 6) is -1.20. The Hall–Kier alpha value is -1.36.